The summed E-state index contributed by atoms with van der Waals surface area (Å²) in [6.07, 6.45) is 0.375. The lowest BCUT2D eigenvalue weighted by Gasteiger charge is -2.18. The highest BCUT2D eigenvalue weighted by Crippen LogP contribution is 2.31. The van der Waals surface area contributed by atoms with Crippen molar-refractivity contribution >= 4 is 28.6 Å². The number of thiophene rings is 1. The van der Waals surface area contributed by atoms with Crippen LogP contribution >= 0.6 is 22.7 Å². The number of rotatable bonds is 7. The molecular formula is C20H22N2O2S2. The monoisotopic (exact) mass is 386 g/mol. The minimum atomic E-state index is 0.0832. The van der Waals surface area contributed by atoms with Crippen LogP contribution in [0.15, 0.2) is 41.8 Å². The fourth-order valence-electron chi connectivity index (χ4n) is 2.60. The zero-order valence-corrected chi connectivity index (χ0v) is 16.8. The van der Waals surface area contributed by atoms with Crippen LogP contribution in [0.4, 0.5) is 0 Å². The van der Waals surface area contributed by atoms with Gasteiger partial charge in [0.1, 0.15) is 12.4 Å². The van der Waals surface area contributed by atoms with Gasteiger partial charge in [-0.15, -0.1) is 22.7 Å². The van der Waals surface area contributed by atoms with Crippen molar-refractivity contribution in [1.82, 2.24) is 9.88 Å². The first kappa shape index (κ1) is 18.6. The third-order valence-electron chi connectivity index (χ3n) is 4.07. The molecule has 1 aromatic carbocycles. The first-order valence-electron chi connectivity index (χ1n) is 8.47. The van der Waals surface area contributed by atoms with E-state index >= 15 is 0 Å². The largest absolute Gasteiger partial charge is 0.491 e. The van der Waals surface area contributed by atoms with E-state index in [1.807, 2.05) is 62.7 Å². The van der Waals surface area contributed by atoms with Crippen molar-refractivity contribution in [2.45, 2.75) is 20.3 Å². The Balaban J connectivity index is 1.57. The maximum Gasteiger partial charge on any atom is 0.227 e. The molecule has 0 N–H and O–H groups in total. The fourth-order valence-corrected chi connectivity index (χ4v) is 4.35. The van der Waals surface area contributed by atoms with Crippen molar-refractivity contribution in [3.05, 3.63) is 57.2 Å². The van der Waals surface area contributed by atoms with E-state index in [1.165, 1.54) is 0 Å². The summed E-state index contributed by atoms with van der Waals surface area (Å²) < 4.78 is 5.79. The van der Waals surface area contributed by atoms with E-state index < -0.39 is 0 Å². The predicted octanol–water partition coefficient (Wildman–Crippen LogP) is 4.57. The zero-order chi connectivity index (χ0) is 18.5. The first-order chi connectivity index (χ1) is 12.5. The van der Waals surface area contributed by atoms with Crippen molar-refractivity contribution in [1.29, 1.82) is 0 Å². The molecule has 0 bridgehead atoms. The van der Waals surface area contributed by atoms with Gasteiger partial charge in [-0.1, -0.05) is 24.3 Å². The molecule has 2 aromatic heterocycles. The van der Waals surface area contributed by atoms with Crippen LogP contribution in [0.1, 0.15) is 15.4 Å². The second-order valence-corrected chi connectivity index (χ2v) is 8.32. The number of thiazole rings is 1. The minimum Gasteiger partial charge on any atom is -0.491 e. The second-order valence-electron chi connectivity index (χ2n) is 6.09. The highest BCUT2D eigenvalue weighted by atomic mass is 32.1. The zero-order valence-electron chi connectivity index (χ0n) is 15.2. The summed E-state index contributed by atoms with van der Waals surface area (Å²) in [6.45, 7) is 5.03. The molecule has 0 spiro atoms. The molecule has 0 atom stereocenters. The normalized spacial score (nSPS) is 10.7. The van der Waals surface area contributed by atoms with Gasteiger partial charge < -0.3 is 9.64 Å². The standard InChI is InChI=1S/C20H22N2O2S2/c1-14-7-4-5-8-16(14)24-11-10-22(3)19(23)13-18-20(21-15(2)26-18)17-9-6-12-25-17/h4-9,12H,10-11,13H2,1-3H3. The number of aryl methyl sites for hydroxylation is 2. The Morgan fingerprint density at radius 3 is 2.73 bits per heavy atom. The summed E-state index contributed by atoms with van der Waals surface area (Å²) in [7, 11) is 1.82. The molecule has 1 amide bonds. The summed E-state index contributed by atoms with van der Waals surface area (Å²) in [5, 5.41) is 3.02. The van der Waals surface area contributed by atoms with Crippen LogP contribution in [0.3, 0.4) is 0 Å². The predicted molar refractivity (Wildman–Crippen MR) is 108 cm³/mol. The van der Waals surface area contributed by atoms with Crippen molar-refractivity contribution in [3.63, 3.8) is 0 Å². The van der Waals surface area contributed by atoms with Gasteiger partial charge in [0.05, 0.1) is 28.5 Å². The van der Waals surface area contributed by atoms with Crippen LogP contribution in [-0.2, 0) is 11.2 Å². The molecule has 2 heterocycles. The van der Waals surface area contributed by atoms with Gasteiger partial charge in [0.15, 0.2) is 0 Å². The topological polar surface area (TPSA) is 42.4 Å². The highest BCUT2D eigenvalue weighted by Gasteiger charge is 2.17. The summed E-state index contributed by atoms with van der Waals surface area (Å²) >= 11 is 3.25. The second kappa shape index (κ2) is 8.47. The van der Waals surface area contributed by atoms with E-state index in [1.54, 1.807) is 27.6 Å². The van der Waals surface area contributed by atoms with Crippen molar-refractivity contribution in [3.8, 4) is 16.3 Å². The molecule has 136 valence electrons. The third-order valence-corrected chi connectivity index (χ3v) is 5.92. The Hall–Kier alpha value is -2.18. The lowest BCUT2D eigenvalue weighted by atomic mass is 10.2. The van der Waals surface area contributed by atoms with E-state index in [4.69, 9.17) is 4.74 Å². The van der Waals surface area contributed by atoms with E-state index in [0.29, 0.717) is 19.6 Å². The molecule has 3 rings (SSSR count). The molecule has 0 saturated heterocycles. The van der Waals surface area contributed by atoms with Crippen LogP contribution in [0, 0.1) is 13.8 Å². The summed E-state index contributed by atoms with van der Waals surface area (Å²) in [5.74, 6) is 0.950. The molecular weight excluding hydrogens is 364 g/mol. The molecule has 4 nitrogen and oxygen atoms in total. The third kappa shape index (κ3) is 4.51. The SMILES string of the molecule is Cc1nc(-c2cccs2)c(CC(=O)N(C)CCOc2ccccc2C)s1. The Kier molecular flexibility index (Phi) is 6.06. The van der Waals surface area contributed by atoms with E-state index in [0.717, 1.165) is 31.8 Å². The van der Waals surface area contributed by atoms with Crippen molar-refractivity contribution in [2.24, 2.45) is 0 Å². The fraction of sp³-hybridized carbons (Fsp3) is 0.300. The molecule has 0 fully saturated rings. The maximum absolute atomic E-state index is 12.6. The quantitative estimate of drug-likeness (QED) is 0.597. The van der Waals surface area contributed by atoms with Gasteiger partial charge in [0, 0.05) is 11.9 Å². The van der Waals surface area contributed by atoms with Gasteiger partial charge in [-0.05, 0) is 36.9 Å². The van der Waals surface area contributed by atoms with Gasteiger partial charge in [0.2, 0.25) is 5.91 Å². The van der Waals surface area contributed by atoms with Gasteiger partial charge in [-0.3, -0.25) is 4.79 Å². The number of ether oxygens (including phenoxy) is 1. The van der Waals surface area contributed by atoms with Crippen LogP contribution in [0.25, 0.3) is 10.6 Å². The smallest absolute Gasteiger partial charge is 0.227 e. The van der Waals surface area contributed by atoms with Crippen LogP contribution in [0.5, 0.6) is 5.75 Å². The number of carbonyl (C=O) groups excluding carboxylic acids is 1. The van der Waals surface area contributed by atoms with Gasteiger partial charge in [-0.2, -0.15) is 0 Å². The molecule has 0 saturated carbocycles. The number of amides is 1. The van der Waals surface area contributed by atoms with Gasteiger partial charge >= 0.3 is 0 Å². The number of hydrogen-bond donors (Lipinski definition) is 0. The average Bonchev–Trinajstić information content (AvgIpc) is 3.26. The summed E-state index contributed by atoms with van der Waals surface area (Å²) in [5.41, 5.74) is 2.04. The number of hydrogen-bond acceptors (Lipinski definition) is 5. The molecule has 0 unspecified atom stereocenters. The molecule has 3 aromatic rings. The molecule has 26 heavy (non-hydrogen) atoms. The number of aromatic nitrogens is 1. The van der Waals surface area contributed by atoms with Gasteiger partial charge in [-0.25, -0.2) is 4.98 Å². The number of nitrogens with zero attached hydrogens (tertiary/aromatic N) is 2. The summed E-state index contributed by atoms with van der Waals surface area (Å²) in [6, 6.07) is 12.0. The van der Waals surface area contributed by atoms with E-state index in [9.17, 15) is 4.79 Å². The molecule has 0 aliphatic carbocycles. The van der Waals surface area contributed by atoms with Crippen LogP contribution in [0.2, 0.25) is 0 Å². The Bertz CT molecular complexity index is 872. The highest BCUT2D eigenvalue weighted by molar-refractivity contribution is 7.15. The Labute approximate surface area is 162 Å². The Morgan fingerprint density at radius 1 is 1.19 bits per heavy atom. The van der Waals surface area contributed by atoms with E-state index in [-0.39, 0.29) is 5.91 Å². The Morgan fingerprint density at radius 2 is 2.00 bits per heavy atom. The number of para-hydroxylation sites is 1. The molecule has 6 heteroatoms. The number of carbonyl (C=O) groups is 1. The first-order valence-corrected chi connectivity index (χ1v) is 10.2. The molecule has 0 aliphatic rings. The lowest BCUT2D eigenvalue weighted by molar-refractivity contribution is -0.129. The summed E-state index contributed by atoms with van der Waals surface area (Å²) in [4.78, 5) is 21.1. The average molecular weight is 387 g/mol. The lowest BCUT2D eigenvalue weighted by Crippen LogP contribution is -2.32. The molecule has 0 radical (unpaired) electrons. The van der Waals surface area contributed by atoms with Crippen molar-refractivity contribution < 1.29 is 9.53 Å². The molecule has 0 aliphatic heterocycles. The van der Waals surface area contributed by atoms with Crippen LogP contribution in [-0.4, -0.2) is 36.0 Å². The number of likely N-dealkylation sites (N-methyl/N-ethyl adjacent to an activating group) is 1. The van der Waals surface area contributed by atoms with E-state index in [2.05, 4.69) is 4.98 Å². The number of benzene rings is 1. The minimum absolute atomic E-state index is 0.0832. The van der Waals surface area contributed by atoms with Crippen molar-refractivity contribution in [2.75, 3.05) is 20.2 Å². The maximum atomic E-state index is 12.6. The van der Waals surface area contributed by atoms with Crippen LogP contribution < -0.4 is 4.74 Å². The van der Waals surface area contributed by atoms with Gasteiger partial charge in [0.25, 0.3) is 0 Å².